The zero-order chi connectivity index (χ0) is 8.69. The maximum atomic E-state index is 5.70. The summed E-state index contributed by atoms with van der Waals surface area (Å²) in [6.07, 6.45) is 6.48. The third-order valence-corrected chi connectivity index (χ3v) is 2.09. The number of allylic oxidation sites excluding steroid dienone is 3. The van der Waals surface area contributed by atoms with Crippen LogP contribution in [0.5, 0.6) is 0 Å². The molecule has 0 heterocycles. The SMILES string of the molecule is C/C(Cl)=C\CC(C)C/C=C\I. The summed E-state index contributed by atoms with van der Waals surface area (Å²) < 4.78 is 2.06. The Morgan fingerprint density at radius 3 is 2.64 bits per heavy atom. The summed E-state index contributed by atoms with van der Waals surface area (Å²) in [4.78, 5) is 0. The summed E-state index contributed by atoms with van der Waals surface area (Å²) in [7, 11) is 0. The Kier molecular flexibility index (Phi) is 7.49. The molecule has 11 heavy (non-hydrogen) atoms. The lowest BCUT2D eigenvalue weighted by Gasteiger charge is -2.03. The lowest BCUT2D eigenvalue weighted by Crippen LogP contribution is -1.89. The molecule has 64 valence electrons. The second kappa shape index (κ2) is 7.17. The van der Waals surface area contributed by atoms with Crippen molar-refractivity contribution in [3.8, 4) is 0 Å². The molecule has 0 saturated heterocycles. The second-order valence-electron chi connectivity index (χ2n) is 2.73. The molecule has 0 aromatic heterocycles. The summed E-state index contributed by atoms with van der Waals surface area (Å²) >= 11 is 7.94. The van der Waals surface area contributed by atoms with Crippen LogP contribution in [-0.2, 0) is 0 Å². The average molecular weight is 285 g/mol. The fourth-order valence-corrected chi connectivity index (χ4v) is 1.13. The van der Waals surface area contributed by atoms with Crippen LogP contribution in [0.4, 0.5) is 0 Å². The van der Waals surface area contributed by atoms with Crippen molar-refractivity contribution in [2.24, 2.45) is 5.92 Å². The molecule has 0 aliphatic rings. The first-order chi connectivity index (χ1) is 5.16. The predicted octanol–water partition coefficient (Wildman–Crippen LogP) is 4.49. The van der Waals surface area contributed by atoms with Crippen molar-refractivity contribution in [3.05, 3.63) is 21.3 Å². The van der Waals surface area contributed by atoms with Crippen molar-refractivity contribution in [3.63, 3.8) is 0 Å². The van der Waals surface area contributed by atoms with Crippen LogP contribution < -0.4 is 0 Å². The first kappa shape index (κ1) is 11.5. The van der Waals surface area contributed by atoms with E-state index in [1.807, 2.05) is 6.92 Å². The number of rotatable bonds is 4. The topological polar surface area (TPSA) is 0 Å². The normalized spacial score (nSPS) is 15.8. The van der Waals surface area contributed by atoms with E-state index >= 15 is 0 Å². The molecule has 0 saturated carbocycles. The minimum Gasteiger partial charge on any atom is -0.0898 e. The van der Waals surface area contributed by atoms with Crippen LogP contribution in [-0.4, -0.2) is 0 Å². The Labute approximate surface area is 87.8 Å². The van der Waals surface area contributed by atoms with Gasteiger partial charge in [0.05, 0.1) is 0 Å². The Bertz CT molecular complexity index is 146. The van der Waals surface area contributed by atoms with Crippen molar-refractivity contribution in [1.29, 1.82) is 0 Å². The van der Waals surface area contributed by atoms with Gasteiger partial charge in [-0.2, -0.15) is 0 Å². The van der Waals surface area contributed by atoms with E-state index in [-0.39, 0.29) is 0 Å². The van der Waals surface area contributed by atoms with Gasteiger partial charge in [0.2, 0.25) is 0 Å². The highest BCUT2D eigenvalue weighted by Crippen LogP contribution is 2.12. The van der Waals surface area contributed by atoms with E-state index in [9.17, 15) is 0 Å². The van der Waals surface area contributed by atoms with Gasteiger partial charge in [-0.25, -0.2) is 0 Å². The molecular formula is C9H14ClI. The van der Waals surface area contributed by atoms with Gasteiger partial charge in [-0.15, -0.1) is 0 Å². The highest BCUT2D eigenvalue weighted by atomic mass is 127. The maximum absolute atomic E-state index is 5.70. The van der Waals surface area contributed by atoms with Crippen molar-refractivity contribution in [1.82, 2.24) is 0 Å². The van der Waals surface area contributed by atoms with E-state index in [1.54, 1.807) is 0 Å². The van der Waals surface area contributed by atoms with Gasteiger partial charge in [0.15, 0.2) is 0 Å². The lowest BCUT2D eigenvalue weighted by atomic mass is 10.0. The summed E-state index contributed by atoms with van der Waals surface area (Å²) in [5.41, 5.74) is 0. The molecule has 0 aliphatic heterocycles. The first-order valence-electron chi connectivity index (χ1n) is 3.74. The fourth-order valence-electron chi connectivity index (χ4n) is 0.744. The summed E-state index contributed by atoms with van der Waals surface area (Å²) in [5, 5.41) is 0.898. The number of hydrogen-bond acceptors (Lipinski definition) is 0. The van der Waals surface area contributed by atoms with Crippen LogP contribution in [0.1, 0.15) is 26.7 Å². The maximum Gasteiger partial charge on any atom is 0.0110 e. The fraction of sp³-hybridized carbons (Fsp3) is 0.556. The van der Waals surface area contributed by atoms with Crippen LogP contribution in [0, 0.1) is 5.92 Å². The van der Waals surface area contributed by atoms with Crippen molar-refractivity contribution in [2.75, 3.05) is 0 Å². The minimum absolute atomic E-state index is 0.703. The quantitative estimate of drug-likeness (QED) is 0.667. The van der Waals surface area contributed by atoms with Gasteiger partial charge in [-0.1, -0.05) is 53.3 Å². The molecule has 2 heteroatoms. The van der Waals surface area contributed by atoms with E-state index in [4.69, 9.17) is 11.6 Å². The van der Waals surface area contributed by atoms with Crippen LogP contribution >= 0.6 is 34.2 Å². The Hall–Kier alpha value is 0.500. The molecule has 0 bridgehead atoms. The molecule has 0 N–H and O–H groups in total. The standard InChI is InChI=1S/C9H14ClI/c1-8(4-3-7-11)5-6-9(2)10/h3,6-8H,4-5H2,1-2H3/b7-3-,9-6+. The Balaban J connectivity index is 3.52. The van der Waals surface area contributed by atoms with E-state index in [0.717, 1.165) is 17.9 Å². The molecule has 0 rings (SSSR count). The molecule has 0 aromatic rings. The Morgan fingerprint density at radius 1 is 1.55 bits per heavy atom. The van der Waals surface area contributed by atoms with Crippen molar-refractivity contribution >= 4 is 34.2 Å². The summed E-state index contributed by atoms with van der Waals surface area (Å²) in [6.45, 7) is 4.15. The largest absolute Gasteiger partial charge is 0.0898 e. The second-order valence-corrected chi connectivity index (χ2v) is 4.04. The van der Waals surface area contributed by atoms with Crippen molar-refractivity contribution < 1.29 is 0 Å². The predicted molar refractivity (Wildman–Crippen MR) is 61.2 cm³/mol. The highest BCUT2D eigenvalue weighted by molar-refractivity contribution is 14.1. The smallest absolute Gasteiger partial charge is 0.0110 e. The van der Waals surface area contributed by atoms with Gasteiger partial charge in [0, 0.05) is 5.03 Å². The first-order valence-corrected chi connectivity index (χ1v) is 5.36. The van der Waals surface area contributed by atoms with Crippen LogP contribution in [0.15, 0.2) is 21.3 Å². The van der Waals surface area contributed by atoms with Gasteiger partial charge in [0.25, 0.3) is 0 Å². The highest BCUT2D eigenvalue weighted by Gasteiger charge is 1.95. The summed E-state index contributed by atoms with van der Waals surface area (Å²) in [5.74, 6) is 0.703. The van der Waals surface area contributed by atoms with Gasteiger partial charge in [0.1, 0.15) is 0 Å². The van der Waals surface area contributed by atoms with Gasteiger partial charge < -0.3 is 0 Å². The van der Waals surface area contributed by atoms with E-state index in [1.165, 1.54) is 0 Å². The molecule has 0 spiro atoms. The van der Waals surface area contributed by atoms with E-state index in [2.05, 4.69) is 45.7 Å². The third kappa shape index (κ3) is 8.41. The third-order valence-electron chi connectivity index (χ3n) is 1.43. The Morgan fingerprint density at radius 2 is 2.18 bits per heavy atom. The number of halogens is 2. The zero-order valence-electron chi connectivity index (χ0n) is 6.98. The lowest BCUT2D eigenvalue weighted by molar-refractivity contribution is 0.603. The minimum atomic E-state index is 0.703. The van der Waals surface area contributed by atoms with Crippen LogP contribution in [0.25, 0.3) is 0 Å². The van der Waals surface area contributed by atoms with Crippen LogP contribution in [0.3, 0.4) is 0 Å². The van der Waals surface area contributed by atoms with Crippen LogP contribution in [0.2, 0.25) is 0 Å². The van der Waals surface area contributed by atoms with Gasteiger partial charge in [-0.3, -0.25) is 0 Å². The average Bonchev–Trinajstić information content (AvgIpc) is 1.97. The molecule has 0 nitrogen and oxygen atoms in total. The molecule has 0 fully saturated rings. The molecule has 1 atom stereocenters. The molecule has 0 radical (unpaired) electrons. The molecule has 0 amide bonds. The summed E-state index contributed by atoms with van der Waals surface area (Å²) in [6, 6.07) is 0. The van der Waals surface area contributed by atoms with E-state index < -0.39 is 0 Å². The molecular weight excluding hydrogens is 270 g/mol. The van der Waals surface area contributed by atoms with Crippen molar-refractivity contribution in [2.45, 2.75) is 26.7 Å². The molecule has 0 aromatic carbocycles. The van der Waals surface area contributed by atoms with E-state index in [0.29, 0.717) is 5.92 Å². The zero-order valence-corrected chi connectivity index (χ0v) is 9.89. The van der Waals surface area contributed by atoms with Gasteiger partial charge >= 0.3 is 0 Å². The molecule has 1 unspecified atom stereocenters. The monoisotopic (exact) mass is 284 g/mol. The van der Waals surface area contributed by atoms with Gasteiger partial charge in [-0.05, 0) is 29.8 Å². The number of hydrogen-bond donors (Lipinski definition) is 0. The molecule has 0 aliphatic carbocycles.